The number of nitrogens with zero attached hydrogens (tertiary/aromatic N) is 1. The van der Waals surface area contributed by atoms with E-state index in [9.17, 15) is 0 Å². The molecule has 0 aliphatic rings. The maximum Gasteiger partial charge on any atom is 3.00 e. The molecule has 95 valence electrons. The third-order valence-electron chi connectivity index (χ3n) is 1.77. The van der Waals surface area contributed by atoms with Crippen molar-refractivity contribution in [3.63, 3.8) is 0 Å². The summed E-state index contributed by atoms with van der Waals surface area (Å²) in [7, 11) is 0. The van der Waals surface area contributed by atoms with E-state index in [2.05, 4.69) is 25.7 Å². The fraction of sp³-hybridized carbons (Fsp3) is 0.455. The van der Waals surface area contributed by atoms with Gasteiger partial charge in [0.05, 0.1) is 0 Å². The Bertz CT molecular complexity index is 134. The maximum atomic E-state index is 3.75. The van der Waals surface area contributed by atoms with Gasteiger partial charge in [-0.1, -0.05) is 13.8 Å². The van der Waals surface area contributed by atoms with Gasteiger partial charge in [0.15, 0.2) is 0 Å². The smallest absolute Gasteiger partial charge is 1.00 e. The molecular formula is C11H19I3NTi-2. The predicted molar refractivity (Wildman–Crippen MR) is 55.2 cm³/mol. The van der Waals surface area contributed by atoms with Crippen LogP contribution >= 0.6 is 0 Å². The Morgan fingerprint density at radius 1 is 1.00 bits per heavy atom. The van der Waals surface area contributed by atoms with Crippen molar-refractivity contribution >= 4 is 0 Å². The fourth-order valence-corrected chi connectivity index (χ4v) is 0.861. The minimum absolute atomic E-state index is 0. The van der Waals surface area contributed by atoms with E-state index >= 15 is 0 Å². The Labute approximate surface area is 167 Å². The van der Waals surface area contributed by atoms with Crippen molar-refractivity contribution in [1.29, 1.82) is 0 Å². The molecule has 0 amide bonds. The molecule has 1 radical (unpaired) electrons. The normalized spacial score (nSPS) is 7.00. The van der Waals surface area contributed by atoms with Crippen molar-refractivity contribution in [2.45, 2.75) is 13.8 Å². The molecule has 0 saturated carbocycles. The Balaban J connectivity index is -0.0000000411. The van der Waals surface area contributed by atoms with Crippen molar-refractivity contribution in [1.82, 2.24) is 4.90 Å². The van der Waals surface area contributed by atoms with Gasteiger partial charge in [0.2, 0.25) is 0 Å². The Morgan fingerprint density at radius 2 is 1.38 bits per heavy atom. The van der Waals surface area contributed by atoms with Crippen LogP contribution in [0.15, 0.2) is 30.3 Å². The summed E-state index contributed by atoms with van der Waals surface area (Å²) in [5.74, 6) is 0. The summed E-state index contributed by atoms with van der Waals surface area (Å²) in [4.78, 5) is 2.26. The van der Waals surface area contributed by atoms with Crippen LogP contribution in [0.25, 0.3) is 0 Å². The average Bonchev–Trinajstić information content (AvgIpc) is 2.64. The van der Waals surface area contributed by atoms with E-state index in [-0.39, 0.29) is 93.6 Å². The molecule has 0 atom stereocenters. The van der Waals surface area contributed by atoms with Crippen molar-refractivity contribution in [3.05, 3.63) is 37.3 Å². The molecule has 0 aliphatic carbocycles. The predicted octanol–water partition coefficient (Wildman–Crippen LogP) is -6.42. The molecule has 5 heteroatoms. The molecule has 0 N–H and O–H groups in total. The summed E-state index contributed by atoms with van der Waals surface area (Å²) in [6.45, 7) is 11.2. The van der Waals surface area contributed by atoms with Crippen molar-refractivity contribution < 1.29 is 93.6 Å². The molecular weight excluding hydrogens is 575 g/mol. The Morgan fingerprint density at radius 3 is 1.44 bits per heavy atom. The van der Waals surface area contributed by atoms with E-state index < -0.39 is 0 Å². The molecule has 1 nitrogen and oxygen atoms in total. The molecule has 16 heavy (non-hydrogen) atoms. The largest absolute Gasteiger partial charge is 3.00 e. The maximum absolute atomic E-state index is 3.75. The molecule has 1 rings (SSSR count). The average molecular weight is 594 g/mol. The SMILES string of the molecule is [CH2-]CN(CC)CC.[I-].[I-].[I-].[Ti+3].c1cc[cH-]c1. The van der Waals surface area contributed by atoms with Gasteiger partial charge in [0, 0.05) is 0 Å². The summed E-state index contributed by atoms with van der Waals surface area (Å²) < 4.78 is 0. The van der Waals surface area contributed by atoms with Crippen LogP contribution in [0.2, 0.25) is 0 Å². The van der Waals surface area contributed by atoms with Gasteiger partial charge in [-0.3, -0.25) is 0 Å². The Kier molecular flexibility index (Phi) is 50.1. The first kappa shape index (κ1) is 30.9. The van der Waals surface area contributed by atoms with Crippen molar-refractivity contribution in [2.75, 3.05) is 19.6 Å². The second-order valence-corrected chi connectivity index (χ2v) is 2.49. The van der Waals surface area contributed by atoms with Gasteiger partial charge in [-0.2, -0.15) is 18.2 Å². The fourth-order valence-electron chi connectivity index (χ4n) is 0.861. The summed E-state index contributed by atoms with van der Waals surface area (Å²) in [5.41, 5.74) is 0. The van der Waals surface area contributed by atoms with Gasteiger partial charge in [-0.25, -0.2) is 12.1 Å². The van der Waals surface area contributed by atoms with Gasteiger partial charge in [-0.05, 0) is 13.1 Å². The van der Waals surface area contributed by atoms with E-state index in [1.807, 2.05) is 30.3 Å². The quantitative estimate of drug-likeness (QED) is 0.192. The van der Waals surface area contributed by atoms with E-state index in [0.717, 1.165) is 19.6 Å². The molecule has 0 aromatic heterocycles. The molecule has 0 fully saturated rings. The summed E-state index contributed by atoms with van der Waals surface area (Å²) >= 11 is 0. The summed E-state index contributed by atoms with van der Waals surface area (Å²) in [5, 5.41) is 0. The second kappa shape index (κ2) is 25.9. The third kappa shape index (κ3) is 21.5. The van der Waals surface area contributed by atoms with Crippen LogP contribution in [0, 0.1) is 6.92 Å². The molecule has 0 saturated heterocycles. The van der Waals surface area contributed by atoms with Crippen LogP contribution in [0.5, 0.6) is 0 Å². The van der Waals surface area contributed by atoms with Crippen LogP contribution < -0.4 is 71.9 Å². The summed E-state index contributed by atoms with van der Waals surface area (Å²) in [6.07, 6.45) is 0. The van der Waals surface area contributed by atoms with Gasteiger partial charge in [0.25, 0.3) is 0 Å². The second-order valence-electron chi connectivity index (χ2n) is 2.49. The van der Waals surface area contributed by atoms with E-state index in [1.54, 1.807) is 0 Å². The van der Waals surface area contributed by atoms with E-state index in [0.29, 0.717) is 0 Å². The number of halogens is 3. The van der Waals surface area contributed by atoms with Gasteiger partial charge in [-0.15, -0.1) is 6.54 Å². The monoisotopic (exact) mass is 594 g/mol. The Hall–Kier alpha value is 2.21. The summed E-state index contributed by atoms with van der Waals surface area (Å²) in [6, 6.07) is 10.0. The van der Waals surface area contributed by atoms with Gasteiger partial charge < -0.3 is 83.8 Å². The van der Waals surface area contributed by atoms with Crippen LogP contribution in [0.1, 0.15) is 13.8 Å². The first-order valence-corrected chi connectivity index (χ1v) is 4.53. The van der Waals surface area contributed by atoms with Crippen LogP contribution in [0.4, 0.5) is 0 Å². The number of rotatable bonds is 3. The van der Waals surface area contributed by atoms with Gasteiger partial charge >= 0.3 is 21.7 Å². The van der Waals surface area contributed by atoms with E-state index in [4.69, 9.17) is 0 Å². The molecule has 1 aromatic rings. The minimum Gasteiger partial charge on any atom is -1.00 e. The standard InChI is InChI=1S/C6H14N.C5H5.3HI.Ti/c1-4-7(5-2)6-3;1-2-4-5-3-1;;;;/h1,4-6H2,2-3H3;1-5H;3*1H;/q2*-1;;;;+3/p-3. The third-order valence-corrected chi connectivity index (χ3v) is 1.77. The number of hydrogen-bond acceptors (Lipinski definition) is 1. The first-order valence-electron chi connectivity index (χ1n) is 4.53. The minimum atomic E-state index is 0. The van der Waals surface area contributed by atoms with Crippen molar-refractivity contribution in [3.8, 4) is 0 Å². The van der Waals surface area contributed by atoms with Gasteiger partial charge in [0.1, 0.15) is 0 Å². The molecule has 0 unspecified atom stereocenters. The molecule has 0 aliphatic heterocycles. The first-order chi connectivity index (χ1) is 5.85. The van der Waals surface area contributed by atoms with Crippen LogP contribution in [-0.2, 0) is 21.7 Å². The van der Waals surface area contributed by atoms with Crippen molar-refractivity contribution in [2.24, 2.45) is 0 Å². The zero-order valence-electron chi connectivity index (χ0n) is 9.80. The number of hydrogen-bond donors (Lipinski definition) is 0. The molecule has 0 bridgehead atoms. The topological polar surface area (TPSA) is 3.24 Å². The van der Waals surface area contributed by atoms with Crippen LogP contribution in [0.3, 0.4) is 0 Å². The molecule has 1 aromatic carbocycles. The molecule has 0 heterocycles. The van der Waals surface area contributed by atoms with Crippen LogP contribution in [-0.4, -0.2) is 24.5 Å². The van der Waals surface area contributed by atoms with E-state index in [1.165, 1.54) is 0 Å². The molecule has 0 spiro atoms. The zero-order chi connectivity index (χ0) is 9.23. The zero-order valence-corrected chi connectivity index (χ0v) is 17.8.